The summed E-state index contributed by atoms with van der Waals surface area (Å²) < 4.78 is 34.4. The number of fused-ring (bicyclic) bond motifs is 2. The first-order valence-electron chi connectivity index (χ1n) is 10.3. The molecule has 5 rings (SSSR count). The minimum atomic E-state index is -3.40. The number of hydrogen-bond donors (Lipinski definition) is 1. The quantitative estimate of drug-likeness (QED) is 0.561. The molecule has 0 aliphatic carbocycles. The summed E-state index contributed by atoms with van der Waals surface area (Å²) in [5, 5.41) is 4.39. The first kappa shape index (κ1) is 20.2. The molecule has 2 aliphatic heterocycles. The van der Waals surface area contributed by atoms with E-state index in [1.54, 1.807) is 18.4 Å². The van der Waals surface area contributed by atoms with Crippen molar-refractivity contribution in [1.82, 2.24) is 24.5 Å². The van der Waals surface area contributed by atoms with Crippen LogP contribution in [0.2, 0.25) is 0 Å². The topological polar surface area (TPSA) is 132 Å². The van der Waals surface area contributed by atoms with Gasteiger partial charge in [0.15, 0.2) is 5.76 Å². The van der Waals surface area contributed by atoms with Crippen LogP contribution < -0.4 is 10.6 Å². The fraction of sp³-hybridized carbons (Fsp3) is 0.526. The predicted molar refractivity (Wildman–Crippen MR) is 114 cm³/mol. The number of furan rings is 1. The van der Waals surface area contributed by atoms with Gasteiger partial charge in [0.25, 0.3) is 15.9 Å². The number of nitrogen functional groups attached to an aromatic ring is 1. The molecule has 0 aromatic carbocycles. The van der Waals surface area contributed by atoms with Gasteiger partial charge in [0, 0.05) is 38.3 Å². The zero-order chi connectivity index (χ0) is 21.6. The van der Waals surface area contributed by atoms with Crippen LogP contribution in [0, 0.1) is 5.92 Å². The van der Waals surface area contributed by atoms with Crippen LogP contribution in [0.1, 0.15) is 12.8 Å². The van der Waals surface area contributed by atoms with Crippen molar-refractivity contribution < 1.29 is 17.0 Å². The van der Waals surface area contributed by atoms with Crippen LogP contribution in [0.5, 0.6) is 0 Å². The monoisotopic (exact) mass is 447 g/mol. The van der Waals surface area contributed by atoms with Crippen molar-refractivity contribution in [3.8, 4) is 11.6 Å². The van der Waals surface area contributed by atoms with Crippen molar-refractivity contribution in [3.05, 3.63) is 24.5 Å². The molecule has 0 bridgehead atoms. The third kappa shape index (κ3) is 4.23. The standard InChI is InChI=1S/C19H25N7O4S/c1-31(27,28)30-12-13-4-5-14-11-25(7-6-24(14)10-13)17-9-16(20)26-19(21-17)22-18(23-26)15-3-2-8-29-15/h2-3,8-9,13-14H,4-7,10-12,20H2,1H3/t13-,14-/m0/s1. The molecule has 3 aromatic heterocycles. The van der Waals surface area contributed by atoms with E-state index in [1.807, 2.05) is 6.07 Å². The molecular formula is C19H25N7O4S. The normalized spacial score (nSPS) is 22.7. The van der Waals surface area contributed by atoms with Crippen molar-refractivity contribution >= 4 is 27.5 Å². The lowest BCUT2D eigenvalue weighted by atomic mass is 9.91. The Morgan fingerprint density at radius 3 is 2.90 bits per heavy atom. The Morgan fingerprint density at radius 2 is 2.13 bits per heavy atom. The van der Waals surface area contributed by atoms with E-state index in [2.05, 4.69) is 24.9 Å². The molecule has 31 heavy (non-hydrogen) atoms. The summed E-state index contributed by atoms with van der Waals surface area (Å²) in [7, 11) is -3.40. The highest BCUT2D eigenvalue weighted by atomic mass is 32.2. The van der Waals surface area contributed by atoms with Crippen LogP contribution in [0.3, 0.4) is 0 Å². The second-order valence-electron chi connectivity index (χ2n) is 8.19. The van der Waals surface area contributed by atoms with Gasteiger partial charge >= 0.3 is 0 Å². The lowest BCUT2D eigenvalue weighted by molar-refractivity contribution is 0.0744. The van der Waals surface area contributed by atoms with E-state index in [9.17, 15) is 8.42 Å². The molecule has 5 heterocycles. The average Bonchev–Trinajstić information content (AvgIpc) is 3.41. The second-order valence-corrected chi connectivity index (χ2v) is 9.83. The van der Waals surface area contributed by atoms with Crippen molar-refractivity contribution in [3.63, 3.8) is 0 Å². The van der Waals surface area contributed by atoms with Crippen molar-refractivity contribution in [2.75, 3.05) is 49.7 Å². The summed E-state index contributed by atoms with van der Waals surface area (Å²) in [5.41, 5.74) is 6.24. The lowest BCUT2D eigenvalue weighted by Crippen LogP contribution is -2.57. The highest BCUT2D eigenvalue weighted by Gasteiger charge is 2.34. The zero-order valence-corrected chi connectivity index (χ0v) is 18.0. The van der Waals surface area contributed by atoms with Gasteiger partial charge in [-0.05, 0) is 30.9 Å². The largest absolute Gasteiger partial charge is 0.461 e. The number of rotatable bonds is 5. The summed E-state index contributed by atoms with van der Waals surface area (Å²) in [5.74, 6) is 2.93. The van der Waals surface area contributed by atoms with E-state index >= 15 is 0 Å². The van der Waals surface area contributed by atoms with Gasteiger partial charge in [0.1, 0.15) is 11.6 Å². The summed E-state index contributed by atoms with van der Waals surface area (Å²) in [6, 6.07) is 5.79. The molecule has 0 radical (unpaired) electrons. The summed E-state index contributed by atoms with van der Waals surface area (Å²) in [6.45, 7) is 3.61. The summed E-state index contributed by atoms with van der Waals surface area (Å²) >= 11 is 0. The van der Waals surface area contributed by atoms with Gasteiger partial charge in [0.05, 0.1) is 19.1 Å². The molecule has 166 valence electrons. The van der Waals surface area contributed by atoms with Crippen LogP contribution in [-0.4, -0.2) is 78.0 Å². The van der Waals surface area contributed by atoms with Gasteiger partial charge in [-0.2, -0.15) is 22.9 Å². The lowest BCUT2D eigenvalue weighted by Gasteiger charge is -2.46. The summed E-state index contributed by atoms with van der Waals surface area (Å²) in [4.78, 5) is 13.8. The summed E-state index contributed by atoms with van der Waals surface area (Å²) in [6.07, 6.45) is 4.60. The number of anilines is 2. The molecule has 3 aromatic rings. The molecule has 11 nitrogen and oxygen atoms in total. The fourth-order valence-corrected chi connectivity index (χ4v) is 4.81. The van der Waals surface area contributed by atoms with Gasteiger partial charge in [-0.15, -0.1) is 5.10 Å². The van der Waals surface area contributed by atoms with Crippen LogP contribution in [0.4, 0.5) is 11.6 Å². The van der Waals surface area contributed by atoms with Gasteiger partial charge in [-0.25, -0.2) is 0 Å². The van der Waals surface area contributed by atoms with Crippen molar-refractivity contribution in [2.24, 2.45) is 5.92 Å². The first-order chi connectivity index (χ1) is 14.9. The third-order valence-electron chi connectivity index (χ3n) is 5.92. The highest BCUT2D eigenvalue weighted by molar-refractivity contribution is 7.85. The van der Waals surface area contributed by atoms with Crippen LogP contribution in [-0.2, 0) is 14.3 Å². The predicted octanol–water partition coefficient (Wildman–Crippen LogP) is 0.843. The Bertz CT molecular complexity index is 1180. The number of nitrogens with zero attached hydrogens (tertiary/aromatic N) is 6. The molecule has 12 heteroatoms. The Morgan fingerprint density at radius 1 is 1.26 bits per heavy atom. The Labute approximate surface area is 179 Å². The van der Waals surface area contributed by atoms with E-state index in [0.29, 0.717) is 29.2 Å². The van der Waals surface area contributed by atoms with Gasteiger partial charge in [-0.1, -0.05) is 0 Å². The number of aromatic nitrogens is 4. The molecule has 2 atom stereocenters. The Kier molecular flexibility index (Phi) is 5.07. The van der Waals surface area contributed by atoms with Gasteiger partial charge in [-0.3, -0.25) is 9.08 Å². The highest BCUT2D eigenvalue weighted by Crippen LogP contribution is 2.28. The maximum atomic E-state index is 11.3. The van der Waals surface area contributed by atoms with E-state index in [4.69, 9.17) is 14.3 Å². The van der Waals surface area contributed by atoms with E-state index < -0.39 is 10.1 Å². The van der Waals surface area contributed by atoms with Gasteiger partial charge in [0.2, 0.25) is 5.82 Å². The molecule has 0 spiro atoms. The maximum absolute atomic E-state index is 11.3. The van der Waals surface area contributed by atoms with Crippen LogP contribution >= 0.6 is 0 Å². The van der Waals surface area contributed by atoms with E-state index in [0.717, 1.165) is 51.1 Å². The fourth-order valence-electron chi connectivity index (χ4n) is 4.37. The number of nitrogens with two attached hydrogens (primary N) is 1. The van der Waals surface area contributed by atoms with Crippen LogP contribution in [0.25, 0.3) is 17.4 Å². The number of piperazine rings is 1. The third-order valence-corrected chi connectivity index (χ3v) is 6.48. The zero-order valence-electron chi connectivity index (χ0n) is 17.2. The number of piperidine rings is 1. The first-order valence-corrected chi connectivity index (χ1v) is 12.1. The molecule has 0 amide bonds. The Hall–Kier alpha value is -2.70. The maximum Gasteiger partial charge on any atom is 0.264 e. The average molecular weight is 448 g/mol. The molecule has 2 saturated heterocycles. The second kappa shape index (κ2) is 7.77. The SMILES string of the molecule is CS(=O)(=O)OC[C@H]1CC[C@H]2CN(c3cc(N)n4nc(-c5ccco5)nc4n3)CCN2C1. The molecule has 0 unspecified atom stereocenters. The smallest absolute Gasteiger partial charge is 0.264 e. The molecule has 2 fully saturated rings. The van der Waals surface area contributed by atoms with Gasteiger partial charge < -0.3 is 15.1 Å². The molecule has 2 N–H and O–H groups in total. The number of hydrogen-bond acceptors (Lipinski definition) is 10. The molecule has 0 saturated carbocycles. The van der Waals surface area contributed by atoms with Crippen molar-refractivity contribution in [2.45, 2.75) is 18.9 Å². The van der Waals surface area contributed by atoms with Crippen molar-refractivity contribution in [1.29, 1.82) is 0 Å². The van der Waals surface area contributed by atoms with E-state index in [-0.39, 0.29) is 12.5 Å². The Balaban J connectivity index is 1.29. The van der Waals surface area contributed by atoms with E-state index in [1.165, 1.54) is 4.52 Å². The molecular weight excluding hydrogens is 422 g/mol. The van der Waals surface area contributed by atoms with Crippen LogP contribution in [0.15, 0.2) is 28.9 Å². The minimum absolute atomic E-state index is 0.235. The minimum Gasteiger partial charge on any atom is -0.461 e. The molecule has 2 aliphatic rings.